The quantitative estimate of drug-likeness (QED) is 0.152. The molecule has 1 amide bonds. The Labute approximate surface area is 259 Å². The molecule has 0 radical (unpaired) electrons. The normalized spacial score (nSPS) is 12.5. The van der Waals surface area contributed by atoms with Gasteiger partial charge < -0.3 is 30.2 Å². The number of hydrogen-bond donors (Lipinski definition) is 3. The van der Waals surface area contributed by atoms with Crippen LogP contribution in [0.5, 0.6) is 17.2 Å². The third-order valence-corrected chi connectivity index (χ3v) is 8.01. The zero-order valence-corrected chi connectivity index (χ0v) is 25.9. The Hall–Kier alpha value is -4.59. The third kappa shape index (κ3) is 7.30. The molecule has 3 N–H and O–H groups in total. The lowest BCUT2D eigenvalue weighted by Crippen LogP contribution is -2.48. The number of carbonyl (C=O) groups excluding carboxylic acids is 1. The summed E-state index contributed by atoms with van der Waals surface area (Å²) in [6.07, 6.45) is 1.51. The molecule has 0 spiro atoms. The lowest BCUT2D eigenvalue weighted by atomic mass is 9.97. The minimum atomic E-state index is -0.212. The molecule has 0 aliphatic carbocycles. The molecule has 0 aromatic heterocycles. The minimum Gasteiger partial charge on any atom is -0.493 e. The highest BCUT2D eigenvalue weighted by atomic mass is 16.5. The van der Waals surface area contributed by atoms with E-state index in [9.17, 15) is 4.79 Å². The summed E-state index contributed by atoms with van der Waals surface area (Å²) < 4.78 is 16.5. The Kier molecular flexibility index (Phi) is 10.3. The Morgan fingerprint density at radius 3 is 2.07 bits per heavy atom. The van der Waals surface area contributed by atoms with E-state index in [0.29, 0.717) is 35.8 Å². The Morgan fingerprint density at radius 2 is 1.36 bits per heavy atom. The zero-order valence-electron chi connectivity index (χ0n) is 25.9. The molecular formula is C37H41N3O4. The molecule has 5 rings (SSSR count). The number of rotatable bonds is 14. The van der Waals surface area contributed by atoms with Gasteiger partial charge in [0.05, 0.1) is 21.3 Å². The molecule has 7 heteroatoms. The largest absolute Gasteiger partial charge is 0.493 e. The molecule has 0 unspecified atom stereocenters. The van der Waals surface area contributed by atoms with E-state index in [1.165, 1.54) is 32.7 Å². The summed E-state index contributed by atoms with van der Waals surface area (Å²) in [5, 5.41) is 15.2. The Bertz CT molecular complexity index is 1690. The first kappa shape index (κ1) is 30.9. The van der Waals surface area contributed by atoms with E-state index in [1.54, 1.807) is 33.5 Å². The summed E-state index contributed by atoms with van der Waals surface area (Å²) in [5.74, 6) is 1.11. The van der Waals surface area contributed by atoms with Crippen LogP contribution in [0.15, 0.2) is 97.1 Å². The molecular weight excluding hydrogens is 550 g/mol. The van der Waals surface area contributed by atoms with Crippen LogP contribution < -0.4 is 30.2 Å². The molecule has 0 aliphatic rings. The van der Waals surface area contributed by atoms with Crippen molar-refractivity contribution in [3.8, 4) is 17.2 Å². The van der Waals surface area contributed by atoms with Gasteiger partial charge in [0, 0.05) is 30.7 Å². The number of likely N-dealkylation sites (N-methyl/N-ethyl adjacent to an activating group) is 1. The fraction of sp³-hybridized carbons (Fsp3) is 0.270. The first-order valence-corrected chi connectivity index (χ1v) is 15.0. The number of ether oxygens (including phenoxy) is 3. The van der Waals surface area contributed by atoms with Crippen molar-refractivity contribution in [3.05, 3.63) is 114 Å². The molecule has 2 atom stereocenters. The van der Waals surface area contributed by atoms with Crippen molar-refractivity contribution in [2.24, 2.45) is 0 Å². The van der Waals surface area contributed by atoms with Gasteiger partial charge >= 0.3 is 0 Å². The van der Waals surface area contributed by atoms with Gasteiger partial charge in [-0.1, -0.05) is 84.9 Å². The fourth-order valence-corrected chi connectivity index (χ4v) is 5.81. The standard InChI is InChI=1S/C37H41N3O4/c1-38-23-31(19-25-16-17-26-10-5-6-12-28(26)18-25)39-24-32(20-29-14-9-13-27-11-7-8-15-33(27)29)40-37(41)30-21-34(42-2)36(44-4)35(22-30)43-3/h5-18,21-22,31-32,38-39H,19-20,23-24H2,1-4H3,(H,40,41)/t31-,32+/m0/s1. The van der Waals surface area contributed by atoms with Gasteiger partial charge in [-0.05, 0) is 64.7 Å². The van der Waals surface area contributed by atoms with E-state index in [1.807, 2.05) is 13.1 Å². The van der Waals surface area contributed by atoms with Crippen molar-refractivity contribution in [2.45, 2.75) is 24.9 Å². The number of hydrogen-bond acceptors (Lipinski definition) is 6. The van der Waals surface area contributed by atoms with E-state index >= 15 is 0 Å². The highest BCUT2D eigenvalue weighted by Crippen LogP contribution is 2.38. The Balaban J connectivity index is 1.39. The van der Waals surface area contributed by atoms with E-state index in [-0.39, 0.29) is 18.0 Å². The van der Waals surface area contributed by atoms with Crippen LogP contribution in [0.2, 0.25) is 0 Å². The van der Waals surface area contributed by atoms with Crippen LogP contribution in [0.25, 0.3) is 21.5 Å². The van der Waals surface area contributed by atoms with Gasteiger partial charge in [0.2, 0.25) is 5.75 Å². The monoisotopic (exact) mass is 591 g/mol. The highest BCUT2D eigenvalue weighted by Gasteiger charge is 2.21. The maximum absolute atomic E-state index is 13.7. The molecule has 0 fully saturated rings. The second kappa shape index (κ2) is 14.7. The van der Waals surface area contributed by atoms with Crippen LogP contribution in [-0.4, -0.2) is 59.5 Å². The molecule has 0 saturated heterocycles. The van der Waals surface area contributed by atoms with Gasteiger partial charge in [0.15, 0.2) is 11.5 Å². The van der Waals surface area contributed by atoms with Crippen LogP contribution in [0.1, 0.15) is 21.5 Å². The summed E-state index contributed by atoms with van der Waals surface area (Å²) in [6.45, 7) is 1.37. The molecule has 7 nitrogen and oxygen atoms in total. The van der Waals surface area contributed by atoms with Crippen molar-refractivity contribution in [2.75, 3.05) is 41.5 Å². The second-order valence-electron chi connectivity index (χ2n) is 11.0. The molecule has 0 saturated carbocycles. The Morgan fingerprint density at radius 1 is 0.682 bits per heavy atom. The smallest absolute Gasteiger partial charge is 0.251 e. The fourth-order valence-electron chi connectivity index (χ4n) is 5.81. The van der Waals surface area contributed by atoms with Crippen LogP contribution in [-0.2, 0) is 12.8 Å². The van der Waals surface area contributed by atoms with Crippen LogP contribution in [0, 0.1) is 0 Å². The van der Waals surface area contributed by atoms with Crippen molar-refractivity contribution < 1.29 is 19.0 Å². The maximum Gasteiger partial charge on any atom is 0.251 e. The third-order valence-electron chi connectivity index (χ3n) is 8.01. The first-order chi connectivity index (χ1) is 21.5. The van der Waals surface area contributed by atoms with Gasteiger partial charge in [-0.2, -0.15) is 0 Å². The first-order valence-electron chi connectivity index (χ1n) is 15.0. The van der Waals surface area contributed by atoms with E-state index in [0.717, 1.165) is 13.0 Å². The molecule has 5 aromatic rings. The van der Waals surface area contributed by atoms with E-state index in [4.69, 9.17) is 14.2 Å². The highest BCUT2D eigenvalue weighted by molar-refractivity contribution is 5.96. The summed E-state index contributed by atoms with van der Waals surface area (Å²) in [5.41, 5.74) is 2.88. The zero-order chi connectivity index (χ0) is 30.9. The van der Waals surface area contributed by atoms with Crippen molar-refractivity contribution in [3.63, 3.8) is 0 Å². The molecule has 0 bridgehead atoms. The average molecular weight is 592 g/mol. The lowest BCUT2D eigenvalue weighted by molar-refractivity contribution is 0.0934. The van der Waals surface area contributed by atoms with Crippen molar-refractivity contribution >= 4 is 27.5 Å². The molecule has 44 heavy (non-hydrogen) atoms. The van der Waals surface area contributed by atoms with Gasteiger partial charge in [-0.15, -0.1) is 0 Å². The van der Waals surface area contributed by atoms with Gasteiger partial charge in [0.25, 0.3) is 5.91 Å². The second-order valence-corrected chi connectivity index (χ2v) is 11.0. The number of methoxy groups -OCH3 is 3. The average Bonchev–Trinajstić information content (AvgIpc) is 3.06. The number of amides is 1. The SMILES string of the molecule is CNC[C@H](Cc1ccc2ccccc2c1)NC[C@@H](Cc1cccc2ccccc12)NC(=O)c1cc(OC)c(OC)c(OC)c1. The number of nitrogens with one attached hydrogen (secondary N) is 3. The summed E-state index contributed by atoms with van der Waals surface area (Å²) in [4.78, 5) is 13.7. The molecule has 0 heterocycles. The number of carbonyl (C=O) groups is 1. The predicted molar refractivity (Wildman–Crippen MR) is 178 cm³/mol. The van der Waals surface area contributed by atoms with E-state index < -0.39 is 0 Å². The number of fused-ring (bicyclic) bond motifs is 2. The summed E-state index contributed by atoms with van der Waals surface area (Å²) >= 11 is 0. The summed E-state index contributed by atoms with van der Waals surface area (Å²) in [6, 6.07) is 33.1. The van der Waals surface area contributed by atoms with Gasteiger partial charge in [-0.3, -0.25) is 4.79 Å². The van der Waals surface area contributed by atoms with Crippen LogP contribution in [0.4, 0.5) is 0 Å². The van der Waals surface area contributed by atoms with Crippen LogP contribution >= 0.6 is 0 Å². The van der Waals surface area contributed by atoms with Crippen molar-refractivity contribution in [1.82, 2.24) is 16.0 Å². The van der Waals surface area contributed by atoms with Gasteiger partial charge in [0.1, 0.15) is 0 Å². The molecule has 0 aliphatic heterocycles. The topological polar surface area (TPSA) is 80.9 Å². The van der Waals surface area contributed by atoms with E-state index in [2.05, 4.69) is 94.8 Å². The predicted octanol–water partition coefficient (Wildman–Crippen LogP) is 5.78. The van der Waals surface area contributed by atoms with Gasteiger partial charge in [-0.25, -0.2) is 0 Å². The minimum absolute atomic E-state index is 0.161. The molecule has 5 aromatic carbocycles. The maximum atomic E-state index is 13.7. The van der Waals surface area contributed by atoms with Crippen molar-refractivity contribution in [1.29, 1.82) is 0 Å². The lowest BCUT2D eigenvalue weighted by Gasteiger charge is -2.25. The summed E-state index contributed by atoms with van der Waals surface area (Å²) in [7, 11) is 6.60. The number of benzene rings is 5. The molecule has 228 valence electrons. The van der Waals surface area contributed by atoms with Crippen LogP contribution in [0.3, 0.4) is 0 Å².